The van der Waals surface area contributed by atoms with Gasteiger partial charge in [-0.05, 0) is 51.5 Å². The summed E-state index contributed by atoms with van der Waals surface area (Å²) in [5.74, 6) is 0.914. The fourth-order valence-electron chi connectivity index (χ4n) is 2.18. The molecule has 2 unspecified atom stereocenters. The van der Waals surface area contributed by atoms with Crippen LogP contribution < -0.4 is 10.1 Å². The van der Waals surface area contributed by atoms with Gasteiger partial charge in [0.25, 0.3) is 0 Å². The Morgan fingerprint density at radius 2 is 1.70 bits per heavy atom. The second-order valence-corrected chi connectivity index (χ2v) is 5.36. The molecule has 0 aliphatic carbocycles. The predicted octanol–water partition coefficient (Wildman–Crippen LogP) is 3.61. The zero-order valence-electron chi connectivity index (χ0n) is 12.6. The summed E-state index contributed by atoms with van der Waals surface area (Å²) >= 11 is 0. The zero-order valence-corrected chi connectivity index (χ0v) is 12.6. The molecule has 0 amide bonds. The van der Waals surface area contributed by atoms with Gasteiger partial charge in [0.15, 0.2) is 0 Å². The summed E-state index contributed by atoms with van der Waals surface area (Å²) < 4.78 is 5.66. The molecule has 108 valence electrons. The lowest BCUT2D eigenvalue weighted by Gasteiger charge is -2.20. The van der Waals surface area contributed by atoms with Crippen LogP contribution in [0, 0.1) is 0 Å². The van der Waals surface area contributed by atoms with Crippen LogP contribution in [0.2, 0.25) is 0 Å². The van der Waals surface area contributed by atoms with Gasteiger partial charge in [-0.25, -0.2) is 0 Å². The Morgan fingerprint density at radius 1 is 1.00 bits per heavy atom. The average molecular weight is 273 g/mol. The van der Waals surface area contributed by atoms with Gasteiger partial charge >= 0.3 is 0 Å². The number of aromatic nitrogens is 2. The van der Waals surface area contributed by atoms with Crippen molar-refractivity contribution in [3.05, 3.63) is 47.8 Å². The van der Waals surface area contributed by atoms with Gasteiger partial charge in [-0.1, -0.05) is 12.1 Å². The molecular weight excluding hydrogens is 250 g/mol. The van der Waals surface area contributed by atoms with Crippen LogP contribution in [0.4, 0.5) is 0 Å². The number of rotatable bonds is 6. The summed E-state index contributed by atoms with van der Waals surface area (Å²) in [6, 6.07) is 10.7. The Hall–Kier alpha value is -1.81. The van der Waals surface area contributed by atoms with E-state index in [0.29, 0.717) is 0 Å². The standard InChI is InChI=1S/C16H23N3O/c1-11(2)20-15-7-5-14(6-8-15)12(3)18-13(4)16-9-10-17-19-16/h5-13,18H,1-4H3,(H,17,19). The average Bonchev–Trinajstić information content (AvgIpc) is 2.92. The smallest absolute Gasteiger partial charge is 0.119 e. The molecule has 0 aliphatic rings. The molecule has 4 nitrogen and oxygen atoms in total. The van der Waals surface area contributed by atoms with Crippen LogP contribution in [-0.4, -0.2) is 16.3 Å². The molecule has 4 heteroatoms. The van der Waals surface area contributed by atoms with Crippen molar-refractivity contribution < 1.29 is 4.74 Å². The van der Waals surface area contributed by atoms with Crippen molar-refractivity contribution in [2.24, 2.45) is 0 Å². The van der Waals surface area contributed by atoms with Gasteiger partial charge in [0.05, 0.1) is 11.8 Å². The van der Waals surface area contributed by atoms with Gasteiger partial charge in [0.1, 0.15) is 5.75 Å². The summed E-state index contributed by atoms with van der Waals surface area (Å²) in [4.78, 5) is 0. The lowest BCUT2D eigenvalue weighted by atomic mass is 10.1. The van der Waals surface area contributed by atoms with Crippen LogP contribution in [0.25, 0.3) is 0 Å². The number of H-pyrrole nitrogens is 1. The van der Waals surface area contributed by atoms with E-state index in [0.717, 1.165) is 11.4 Å². The second-order valence-electron chi connectivity index (χ2n) is 5.36. The number of benzene rings is 1. The highest BCUT2D eigenvalue weighted by Gasteiger charge is 2.12. The van der Waals surface area contributed by atoms with E-state index >= 15 is 0 Å². The first-order valence-electron chi connectivity index (χ1n) is 7.08. The van der Waals surface area contributed by atoms with Crippen molar-refractivity contribution in [2.45, 2.75) is 45.9 Å². The molecule has 2 aromatic rings. The highest BCUT2D eigenvalue weighted by atomic mass is 16.5. The fraction of sp³-hybridized carbons (Fsp3) is 0.438. The van der Waals surface area contributed by atoms with Crippen molar-refractivity contribution in [3.8, 4) is 5.75 Å². The molecule has 0 bridgehead atoms. The van der Waals surface area contributed by atoms with Gasteiger partial charge < -0.3 is 10.1 Å². The third-order valence-electron chi connectivity index (χ3n) is 3.24. The first-order valence-corrected chi connectivity index (χ1v) is 7.08. The Labute approximate surface area is 120 Å². The van der Waals surface area contributed by atoms with Crippen LogP contribution in [0.3, 0.4) is 0 Å². The summed E-state index contributed by atoms with van der Waals surface area (Å²) in [6.07, 6.45) is 1.98. The molecule has 20 heavy (non-hydrogen) atoms. The molecule has 0 aliphatic heterocycles. The molecule has 0 saturated carbocycles. The molecule has 0 fully saturated rings. The van der Waals surface area contributed by atoms with Crippen LogP contribution >= 0.6 is 0 Å². The van der Waals surface area contributed by atoms with E-state index in [1.54, 1.807) is 6.20 Å². The first-order chi connectivity index (χ1) is 9.56. The lowest BCUT2D eigenvalue weighted by Crippen LogP contribution is -2.22. The Morgan fingerprint density at radius 3 is 2.25 bits per heavy atom. The number of hydrogen-bond acceptors (Lipinski definition) is 3. The normalized spacial score (nSPS) is 14.2. The number of hydrogen-bond donors (Lipinski definition) is 2. The monoisotopic (exact) mass is 273 g/mol. The fourth-order valence-corrected chi connectivity index (χ4v) is 2.18. The van der Waals surface area contributed by atoms with Crippen molar-refractivity contribution in [1.29, 1.82) is 0 Å². The molecule has 1 heterocycles. The number of aromatic amines is 1. The summed E-state index contributed by atoms with van der Waals surface area (Å²) in [5, 5.41) is 10.5. The number of nitrogens with one attached hydrogen (secondary N) is 2. The summed E-state index contributed by atoms with van der Waals surface area (Å²) in [6.45, 7) is 8.35. The molecule has 0 saturated heterocycles. The highest BCUT2D eigenvalue weighted by molar-refractivity contribution is 5.29. The van der Waals surface area contributed by atoms with Crippen LogP contribution in [0.1, 0.15) is 51.0 Å². The van der Waals surface area contributed by atoms with Crippen molar-refractivity contribution >= 4 is 0 Å². The third-order valence-corrected chi connectivity index (χ3v) is 3.24. The van der Waals surface area contributed by atoms with Gasteiger partial charge in [0.2, 0.25) is 0 Å². The minimum Gasteiger partial charge on any atom is -0.491 e. The number of nitrogens with zero attached hydrogens (tertiary/aromatic N) is 1. The molecule has 2 atom stereocenters. The van der Waals surface area contributed by atoms with E-state index < -0.39 is 0 Å². The second kappa shape index (κ2) is 6.57. The van der Waals surface area contributed by atoms with E-state index in [4.69, 9.17) is 4.74 Å². The van der Waals surface area contributed by atoms with E-state index in [9.17, 15) is 0 Å². The molecule has 0 spiro atoms. The van der Waals surface area contributed by atoms with Crippen molar-refractivity contribution in [1.82, 2.24) is 15.5 Å². The largest absolute Gasteiger partial charge is 0.491 e. The molecule has 1 aromatic heterocycles. The van der Waals surface area contributed by atoms with Crippen LogP contribution in [-0.2, 0) is 0 Å². The zero-order chi connectivity index (χ0) is 14.5. The molecule has 2 N–H and O–H groups in total. The molecule has 1 aromatic carbocycles. The van der Waals surface area contributed by atoms with Gasteiger partial charge in [-0.2, -0.15) is 5.10 Å². The van der Waals surface area contributed by atoms with Crippen molar-refractivity contribution in [3.63, 3.8) is 0 Å². The Kier molecular flexibility index (Phi) is 4.79. The molecular formula is C16H23N3O. The van der Waals surface area contributed by atoms with Crippen molar-refractivity contribution in [2.75, 3.05) is 0 Å². The third kappa shape index (κ3) is 3.84. The summed E-state index contributed by atoms with van der Waals surface area (Å²) in [5.41, 5.74) is 2.34. The maximum atomic E-state index is 5.66. The lowest BCUT2D eigenvalue weighted by molar-refractivity contribution is 0.242. The summed E-state index contributed by atoms with van der Waals surface area (Å²) in [7, 11) is 0. The Balaban J connectivity index is 1.97. The maximum absolute atomic E-state index is 5.66. The SMILES string of the molecule is CC(C)Oc1ccc(C(C)NC(C)c2ccn[nH]2)cc1. The minimum absolute atomic E-state index is 0.205. The molecule has 2 rings (SSSR count). The quantitative estimate of drug-likeness (QED) is 0.845. The Bertz CT molecular complexity index is 505. The molecule has 0 radical (unpaired) electrons. The highest BCUT2D eigenvalue weighted by Crippen LogP contribution is 2.21. The maximum Gasteiger partial charge on any atom is 0.119 e. The van der Waals surface area contributed by atoms with E-state index in [2.05, 4.69) is 41.5 Å². The van der Waals surface area contributed by atoms with Crippen LogP contribution in [0.5, 0.6) is 5.75 Å². The van der Waals surface area contributed by atoms with E-state index in [1.165, 1.54) is 5.56 Å². The predicted molar refractivity (Wildman–Crippen MR) is 80.8 cm³/mol. The van der Waals surface area contributed by atoms with E-state index in [-0.39, 0.29) is 18.2 Å². The van der Waals surface area contributed by atoms with Crippen LogP contribution in [0.15, 0.2) is 36.5 Å². The topological polar surface area (TPSA) is 49.9 Å². The number of ether oxygens (including phenoxy) is 1. The van der Waals surface area contributed by atoms with E-state index in [1.807, 2.05) is 32.0 Å². The first kappa shape index (κ1) is 14.6. The minimum atomic E-state index is 0.205. The van der Waals surface area contributed by atoms with Gasteiger partial charge in [-0.3, -0.25) is 5.10 Å². The van der Waals surface area contributed by atoms with Gasteiger partial charge in [-0.15, -0.1) is 0 Å². The van der Waals surface area contributed by atoms with Gasteiger partial charge in [0, 0.05) is 18.3 Å².